The number of halogens is 1. The lowest BCUT2D eigenvalue weighted by molar-refractivity contribution is 0.505. The Morgan fingerprint density at radius 3 is 2.94 bits per heavy atom. The average Bonchev–Trinajstić information content (AvgIpc) is 2.77. The van der Waals surface area contributed by atoms with Crippen molar-refractivity contribution in [3.8, 4) is 0 Å². The highest BCUT2D eigenvalue weighted by molar-refractivity contribution is 6.20. The van der Waals surface area contributed by atoms with E-state index in [1.165, 1.54) is 0 Å². The van der Waals surface area contributed by atoms with Crippen LogP contribution >= 0.6 is 11.6 Å². The maximum absolute atomic E-state index is 5.82. The number of aryl methyl sites for hydroxylation is 1. The molecule has 2 aromatic heterocycles. The van der Waals surface area contributed by atoms with Gasteiger partial charge >= 0.3 is 6.01 Å². The zero-order valence-corrected chi connectivity index (χ0v) is 10.4. The van der Waals surface area contributed by atoms with Crippen molar-refractivity contribution in [3.05, 3.63) is 35.5 Å². The second-order valence-corrected chi connectivity index (χ2v) is 4.34. The Morgan fingerprint density at radius 2 is 2.29 bits per heavy atom. The zero-order chi connectivity index (χ0) is 12.3. The fourth-order valence-corrected chi connectivity index (χ4v) is 1.42. The quantitative estimate of drug-likeness (QED) is 0.848. The minimum atomic E-state index is -0.283. The normalized spacial score (nSPS) is 12.4. The van der Waals surface area contributed by atoms with Crippen molar-refractivity contribution >= 4 is 17.6 Å². The SMILES string of the molecule is Cc1cccnc1CNc1nnc(C(C)Cl)o1. The van der Waals surface area contributed by atoms with Crippen LogP contribution in [-0.2, 0) is 6.54 Å². The van der Waals surface area contributed by atoms with Crippen LogP contribution in [0.4, 0.5) is 6.01 Å². The average molecular weight is 253 g/mol. The largest absolute Gasteiger partial charge is 0.406 e. The molecule has 0 saturated carbocycles. The molecule has 1 unspecified atom stereocenters. The Hall–Kier alpha value is -1.62. The van der Waals surface area contributed by atoms with Gasteiger partial charge in [0.05, 0.1) is 12.2 Å². The number of nitrogens with zero attached hydrogens (tertiary/aromatic N) is 3. The summed E-state index contributed by atoms with van der Waals surface area (Å²) in [6.45, 7) is 4.33. The molecule has 2 heterocycles. The monoisotopic (exact) mass is 252 g/mol. The second-order valence-electron chi connectivity index (χ2n) is 3.68. The van der Waals surface area contributed by atoms with Crippen molar-refractivity contribution in [2.45, 2.75) is 25.8 Å². The van der Waals surface area contributed by atoms with Crippen molar-refractivity contribution in [3.63, 3.8) is 0 Å². The van der Waals surface area contributed by atoms with Gasteiger partial charge in [0.2, 0.25) is 5.89 Å². The second kappa shape index (κ2) is 5.14. The fourth-order valence-electron chi connectivity index (χ4n) is 1.33. The Morgan fingerprint density at radius 1 is 1.47 bits per heavy atom. The van der Waals surface area contributed by atoms with Crippen LogP contribution in [0.25, 0.3) is 0 Å². The number of aromatic nitrogens is 3. The predicted molar refractivity (Wildman–Crippen MR) is 64.9 cm³/mol. The molecule has 2 rings (SSSR count). The Balaban J connectivity index is 2.00. The van der Waals surface area contributed by atoms with Crippen molar-refractivity contribution in [1.29, 1.82) is 0 Å². The zero-order valence-electron chi connectivity index (χ0n) is 9.64. The smallest absolute Gasteiger partial charge is 0.315 e. The first-order valence-electron chi connectivity index (χ1n) is 5.28. The molecule has 0 amide bonds. The molecule has 1 N–H and O–H groups in total. The lowest BCUT2D eigenvalue weighted by Crippen LogP contribution is -2.03. The van der Waals surface area contributed by atoms with E-state index in [-0.39, 0.29) is 5.38 Å². The molecule has 0 aliphatic heterocycles. The van der Waals surface area contributed by atoms with Gasteiger partial charge in [0, 0.05) is 6.20 Å². The van der Waals surface area contributed by atoms with E-state index in [2.05, 4.69) is 20.5 Å². The molecular formula is C11H13ClN4O. The molecule has 1 atom stereocenters. The molecule has 0 bridgehead atoms. The van der Waals surface area contributed by atoms with Gasteiger partial charge in [-0.05, 0) is 25.5 Å². The first-order chi connectivity index (χ1) is 8.16. The van der Waals surface area contributed by atoms with Crippen LogP contribution in [0.3, 0.4) is 0 Å². The third kappa shape index (κ3) is 2.94. The van der Waals surface area contributed by atoms with Gasteiger partial charge in [0.15, 0.2) is 0 Å². The third-order valence-electron chi connectivity index (χ3n) is 2.31. The van der Waals surface area contributed by atoms with Crippen molar-refractivity contribution in [1.82, 2.24) is 15.2 Å². The van der Waals surface area contributed by atoms with Gasteiger partial charge < -0.3 is 9.73 Å². The van der Waals surface area contributed by atoms with Crippen molar-refractivity contribution in [2.75, 3.05) is 5.32 Å². The topological polar surface area (TPSA) is 63.8 Å². The number of hydrogen-bond donors (Lipinski definition) is 1. The summed E-state index contributed by atoms with van der Waals surface area (Å²) in [6, 6.07) is 4.26. The molecule has 17 heavy (non-hydrogen) atoms. The van der Waals surface area contributed by atoms with Crippen LogP contribution < -0.4 is 5.32 Å². The molecule has 5 nitrogen and oxygen atoms in total. The molecule has 6 heteroatoms. The lowest BCUT2D eigenvalue weighted by atomic mass is 10.2. The van der Waals surface area contributed by atoms with Crippen molar-refractivity contribution < 1.29 is 4.42 Å². The molecule has 0 aliphatic rings. The number of rotatable bonds is 4. The van der Waals surface area contributed by atoms with Crippen LogP contribution in [0.2, 0.25) is 0 Å². The Labute approximate surface area is 104 Å². The summed E-state index contributed by atoms with van der Waals surface area (Å²) in [7, 11) is 0. The predicted octanol–water partition coefficient (Wildman–Crippen LogP) is 2.68. The van der Waals surface area contributed by atoms with E-state index in [0.29, 0.717) is 18.5 Å². The van der Waals surface area contributed by atoms with E-state index in [1.54, 1.807) is 13.1 Å². The summed E-state index contributed by atoms with van der Waals surface area (Å²) in [4.78, 5) is 4.26. The third-order valence-corrected chi connectivity index (χ3v) is 2.49. The fraction of sp³-hybridized carbons (Fsp3) is 0.364. The van der Waals surface area contributed by atoms with Gasteiger partial charge in [-0.15, -0.1) is 16.7 Å². The molecular weight excluding hydrogens is 240 g/mol. The molecule has 2 aromatic rings. The van der Waals surface area contributed by atoms with Crippen LogP contribution in [0, 0.1) is 6.92 Å². The number of pyridine rings is 1. The summed E-state index contributed by atoms with van der Waals surface area (Å²) in [5, 5.41) is 10.4. The molecule has 0 aliphatic carbocycles. The number of hydrogen-bond acceptors (Lipinski definition) is 5. The van der Waals surface area contributed by atoms with E-state index in [9.17, 15) is 0 Å². The first kappa shape index (κ1) is 11.9. The highest BCUT2D eigenvalue weighted by Crippen LogP contribution is 2.19. The summed E-state index contributed by atoms with van der Waals surface area (Å²) in [5.74, 6) is 0.409. The van der Waals surface area contributed by atoms with Gasteiger partial charge in [-0.2, -0.15) is 0 Å². The number of alkyl halides is 1. The maximum atomic E-state index is 5.82. The van der Waals surface area contributed by atoms with Gasteiger partial charge in [-0.3, -0.25) is 4.98 Å². The first-order valence-corrected chi connectivity index (χ1v) is 5.72. The standard InChI is InChI=1S/C11H13ClN4O/c1-7-4-3-5-13-9(7)6-14-11-16-15-10(17-11)8(2)12/h3-5,8H,6H2,1-2H3,(H,14,16). The van der Waals surface area contributed by atoms with E-state index in [0.717, 1.165) is 11.3 Å². The van der Waals surface area contributed by atoms with Crippen LogP contribution in [0.15, 0.2) is 22.7 Å². The Kier molecular flexibility index (Phi) is 3.58. The van der Waals surface area contributed by atoms with Crippen LogP contribution in [0.5, 0.6) is 0 Å². The molecule has 90 valence electrons. The summed E-state index contributed by atoms with van der Waals surface area (Å²) >= 11 is 5.82. The maximum Gasteiger partial charge on any atom is 0.315 e. The van der Waals surface area contributed by atoms with E-state index >= 15 is 0 Å². The van der Waals surface area contributed by atoms with Gasteiger partial charge in [-0.25, -0.2) is 0 Å². The molecule has 0 radical (unpaired) electrons. The number of anilines is 1. The lowest BCUT2D eigenvalue weighted by Gasteiger charge is -2.03. The van der Waals surface area contributed by atoms with Gasteiger partial charge in [0.25, 0.3) is 0 Å². The van der Waals surface area contributed by atoms with Crippen LogP contribution in [-0.4, -0.2) is 15.2 Å². The van der Waals surface area contributed by atoms with Crippen LogP contribution in [0.1, 0.15) is 29.4 Å². The molecule has 0 saturated heterocycles. The highest BCUT2D eigenvalue weighted by atomic mass is 35.5. The minimum absolute atomic E-state index is 0.283. The van der Waals surface area contributed by atoms with Gasteiger partial charge in [0.1, 0.15) is 5.38 Å². The summed E-state index contributed by atoms with van der Waals surface area (Å²) < 4.78 is 5.31. The molecule has 0 fully saturated rings. The van der Waals surface area contributed by atoms with E-state index in [1.807, 2.05) is 19.1 Å². The Bertz CT molecular complexity index is 498. The summed E-state index contributed by atoms with van der Waals surface area (Å²) in [5.41, 5.74) is 2.07. The number of nitrogens with one attached hydrogen (secondary N) is 1. The summed E-state index contributed by atoms with van der Waals surface area (Å²) in [6.07, 6.45) is 1.75. The van der Waals surface area contributed by atoms with Gasteiger partial charge in [-0.1, -0.05) is 11.2 Å². The highest BCUT2D eigenvalue weighted by Gasteiger charge is 2.10. The van der Waals surface area contributed by atoms with E-state index in [4.69, 9.17) is 16.0 Å². The minimum Gasteiger partial charge on any atom is -0.406 e. The molecule has 0 aromatic carbocycles. The van der Waals surface area contributed by atoms with E-state index < -0.39 is 0 Å². The van der Waals surface area contributed by atoms with Crippen molar-refractivity contribution in [2.24, 2.45) is 0 Å². The molecule has 0 spiro atoms.